The van der Waals surface area contributed by atoms with Crippen LogP contribution in [0.15, 0.2) is 18.2 Å². The van der Waals surface area contributed by atoms with Crippen molar-refractivity contribution in [2.24, 2.45) is 0 Å². The van der Waals surface area contributed by atoms with Gasteiger partial charge in [0, 0.05) is 24.0 Å². The molecule has 0 unspecified atom stereocenters. The quantitative estimate of drug-likeness (QED) is 0.850. The van der Waals surface area contributed by atoms with Crippen LogP contribution < -0.4 is 14.8 Å². The van der Waals surface area contributed by atoms with E-state index >= 15 is 0 Å². The number of hydrogen-bond donors (Lipinski definition) is 1. The Labute approximate surface area is 129 Å². The molecule has 0 aliphatic rings. The zero-order chi connectivity index (χ0) is 15.2. The molecule has 2 rings (SSSR count). The number of aromatic nitrogens is 2. The van der Waals surface area contributed by atoms with Crippen LogP contribution >= 0.6 is 11.5 Å². The largest absolute Gasteiger partial charge is 0.493 e. The van der Waals surface area contributed by atoms with Crippen molar-refractivity contribution in [3.63, 3.8) is 0 Å². The van der Waals surface area contributed by atoms with Crippen LogP contribution in [-0.2, 0) is 6.42 Å². The lowest BCUT2D eigenvalue weighted by atomic mass is 10.1. The third kappa shape index (κ3) is 4.07. The number of nitrogens with one attached hydrogen (secondary N) is 1. The van der Waals surface area contributed by atoms with E-state index in [0.717, 1.165) is 35.4 Å². The van der Waals surface area contributed by atoms with E-state index < -0.39 is 0 Å². The van der Waals surface area contributed by atoms with Gasteiger partial charge in [0.25, 0.3) is 0 Å². The average molecular weight is 307 g/mol. The number of methoxy groups -OCH3 is 2. The number of anilines is 1. The molecule has 1 N–H and O–H groups in total. The van der Waals surface area contributed by atoms with E-state index in [2.05, 4.69) is 28.5 Å². The van der Waals surface area contributed by atoms with Crippen LogP contribution in [0.3, 0.4) is 0 Å². The maximum atomic E-state index is 5.31. The van der Waals surface area contributed by atoms with Crippen molar-refractivity contribution >= 4 is 16.7 Å². The molecule has 1 aromatic heterocycles. The molecule has 5 nitrogen and oxygen atoms in total. The lowest BCUT2D eigenvalue weighted by Crippen LogP contribution is -2.05. The van der Waals surface area contributed by atoms with Crippen LogP contribution in [0, 0.1) is 0 Å². The first-order valence-electron chi connectivity index (χ1n) is 6.92. The van der Waals surface area contributed by atoms with E-state index in [4.69, 9.17) is 9.47 Å². The molecular formula is C15H21N3O2S. The highest BCUT2D eigenvalue weighted by atomic mass is 32.1. The molecule has 0 atom stereocenters. The lowest BCUT2D eigenvalue weighted by molar-refractivity contribution is 0.354. The van der Waals surface area contributed by atoms with Gasteiger partial charge in [0.05, 0.1) is 14.2 Å². The van der Waals surface area contributed by atoms with Crippen molar-refractivity contribution < 1.29 is 9.47 Å². The lowest BCUT2D eigenvalue weighted by Gasteiger charge is -2.09. The minimum atomic E-state index is 0.364. The van der Waals surface area contributed by atoms with Gasteiger partial charge in [-0.3, -0.25) is 0 Å². The zero-order valence-electron chi connectivity index (χ0n) is 12.8. The topological polar surface area (TPSA) is 56.3 Å². The first-order valence-corrected chi connectivity index (χ1v) is 7.69. The summed E-state index contributed by atoms with van der Waals surface area (Å²) in [6.45, 7) is 4.99. The molecule has 1 aromatic carbocycles. The Hall–Kier alpha value is -1.82. The summed E-state index contributed by atoms with van der Waals surface area (Å²) in [5.74, 6) is 2.77. The third-order valence-corrected chi connectivity index (χ3v) is 3.78. The second-order valence-electron chi connectivity index (χ2n) is 4.98. The van der Waals surface area contributed by atoms with Crippen LogP contribution in [-0.4, -0.2) is 30.1 Å². The number of benzene rings is 1. The minimum Gasteiger partial charge on any atom is -0.493 e. The summed E-state index contributed by atoms with van der Waals surface area (Å²) in [7, 11) is 3.29. The maximum absolute atomic E-state index is 5.31. The normalized spacial score (nSPS) is 10.7. The standard InChI is InChI=1S/C15H21N3O2S/c1-10(2)14-17-15(21-18-14)16-8-7-11-5-6-12(19-3)13(9-11)20-4/h5-6,9-10H,7-8H2,1-4H3,(H,16,17,18). The molecule has 0 aliphatic heterocycles. The van der Waals surface area contributed by atoms with Gasteiger partial charge >= 0.3 is 0 Å². The molecule has 1 heterocycles. The molecule has 0 fully saturated rings. The van der Waals surface area contributed by atoms with Crippen molar-refractivity contribution in [2.75, 3.05) is 26.1 Å². The van der Waals surface area contributed by atoms with Gasteiger partial charge in [-0.05, 0) is 24.1 Å². The highest BCUT2D eigenvalue weighted by Gasteiger charge is 2.08. The fourth-order valence-electron chi connectivity index (χ4n) is 1.89. The molecule has 0 spiro atoms. The highest BCUT2D eigenvalue weighted by molar-refractivity contribution is 7.09. The van der Waals surface area contributed by atoms with Gasteiger partial charge in [0.2, 0.25) is 5.13 Å². The monoisotopic (exact) mass is 307 g/mol. The summed E-state index contributed by atoms with van der Waals surface area (Å²) in [6, 6.07) is 5.97. The van der Waals surface area contributed by atoms with Gasteiger partial charge in [-0.25, -0.2) is 4.98 Å². The van der Waals surface area contributed by atoms with Crippen LogP contribution in [0.1, 0.15) is 31.2 Å². The first kappa shape index (κ1) is 15.6. The van der Waals surface area contributed by atoms with Gasteiger partial charge < -0.3 is 14.8 Å². The van der Waals surface area contributed by atoms with Gasteiger partial charge in [-0.2, -0.15) is 4.37 Å². The Morgan fingerprint density at radius 1 is 1.19 bits per heavy atom. The molecule has 0 amide bonds. The van der Waals surface area contributed by atoms with Crippen LogP contribution in [0.25, 0.3) is 0 Å². The molecule has 0 radical (unpaired) electrons. The van der Waals surface area contributed by atoms with Crippen LogP contribution in [0.2, 0.25) is 0 Å². The molecule has 114 valence electrons. The number of ether oxygens (including phenoxy) is 2. The number of nitrogens with zero attached hydrogens (tertiary/aromatic N) is 2. The predicted molar refractivity (Wildman–Crippen MR) is 85.7 cm³/mol. The smallest absolute Gasteiger partial charge is 0.202 e. The molecule has 21 heavy (non-hydrogen) atoms. The van der Waals surface area contributed by atoms with Crippen molar-refractivity contribution in [2.45, 2.75) is 26.2 Å². The Morgan fingerprint density at radius 3 is 2.57 bits per heavy atom. The summed E-state index contributed by atoms with van der Waals surface area (Å²) in [4.78, 5) is 4.45. The second kappa shape index (κ2) is 7.26. The molecular weight excluding hydrogens is 286 g/mol. The fourth-order valence-corrected chi connectivity index (χ4v) is 2.62. The number of rotatable bonds is 7. The Morgan fingerprint density at radius 2 is 1.95 bits per heavy atom. The van der Waals surface area contributed by atoms with Crippen LogP contribution in [0.5, 0.6) is 11.5 Å². The zero-order valence-corrected chi connectivity index (χ0v) is 13.7. The molecule has 0 bridgehead atoms. The highest BCUT2D eigenvalue weighted by Crippen LogP contribution is 2.27. The van der Waals surface area contributed by atoms with E-state index in [1.54, 1.807) is 14.2 Å². The van der Waals surface area contributed by atoms with Gasteiger partial charge in [-0.15, -0.1) is 0 Å². The maximum Gasteiger partial charge on any atom is 0.202 e. The van der Waals surface area contributed by atoms with Crippen molar-refractivity contribution in [1.82, 2.24) is 9.36 Å². The number of hydrogen-bond acceptors (Lipinski definition) is 6. The average Bonchev–Trinajstić information content (AvgIpc) is 2.96. The summed E-state index contributed by atoms with van der Waals surface area (Å²) in [5.41, 5.74) is 1.19. The Bertz CT molecular complexity index is 584. The van der Waals surface area contributed by atoms with Crippen molar-refractivity contribution in [3.8, 4) is 11.5 Å². The summed E-state index contributed by atoms with van der Waals surface area (Å²) < 4.78 is 14.9. The third-order valence-electron chi connectivity index (χ3n) is 3.10. The first-order chi connectivity index (χ1) is 10.1. The summed E-state index contributed by atoms with van der Waals surface area (Å²) in [5, 5.41) is 4.18. The molecule has 6 heteroatoms. The second-order valence-corrected chi connectivity index (χ2v) is 5.73. The van der Waals surface area contributed by atoms with Gasteiger partial charge in [0.15, 0.2) is 11.5 Å². The molecule has 0 saturated carbocycles. The van der Waals surface area contributed by atoms with E-state index in [9.17, 15) is 0 Å². The Balaban J connectivity index is 1.90. The predicted octanol–water partition coefficient (Wildman–Crippen LogP) is 3.33. The summed E-state index contributed by atoms with van der Waals surface area (Å²) >= 11 is 1.41. The van der Waals surface area contributed by atoms with Crippen LogP contribution in [0.4, 0.5) is 5.13 Å². The van der Waals surface area contributed by atoms with E-state index in [1.165, 1.54) is 17.1 Å². The molecule has 0 aliphatic carbocycles. The van der Waals surface area contributed by atoms with Gasteiger partial charge in [-0.1, -0.05) is 19.9 Å². The molecule has 2 aromatic rings. The van der Waals surface area contributed by atoms with E-state index in [0.29, 0.717) is 5.92 Å². The van der Waals surface area contributed by atoms with Crippen molar-refractivity contribution in [1.29, 1.82) is 0 Å². The minimum absolute atomic E-state index is 0.364. The van der Waals surface area contributed by atoms with Gasteiger partial charge in [0.1, 0.15) is 5.82 Å². The van der Waals surface area contributed by atoms with E-state index in [-0.39, 0.29) is 0 Å². The molecule has 0 saturated heterocycles. The Kier molecular flexibility index (Phi) is 5.38. The van der Waals surface area contributed by atoms with Crippen molar-refractivity contribution in [3.05, 3.63) is 29.6 Å². The van der Waals surface area contributed by atoms with E-state index in [1.807, 2.05) is 18.2 Å². The summed E-state index contributed by atoms with van der Waals surface area (Å²) in [6.07, 6.45) is 0.886. The fraction of sp³-hybridized carbons (Fsp3) is 0.467. The SMILES string of the molecule is COc1ccc(CCNc2nc(C(C)C)ns2)cc1OC.